The van der Waals surface area contributed by atoms with Gasteiger partial charge in [0, 0.05) is 21.7 Å². The van der Waals surface area contributed by atoms with Crippen LogP contribution >= 0.6 is 46.6 Å². The van der Waals surface area contributed by atoms with Crippen molar-refractivity contribution in [1.29, 1.82) is 0 Å². The number of amides is 1. The number of fused-ring (bicyclic) bond motifs is 2. The molecule has 38 heavy (non-hydrogen) atoms. The number of methoxy groups -OCH3 is 1. The van der Waals surface area contributed by atoms with Gasteiger partial charge < -0.3 is 9.47 Å². The Morgan fingerprint density at radius 2 is 1.87 bits per heavy atom. The summed E-state index contributed by atoms with van der Waals surface area (Å²) in [6.45, 7) is 7.12. The maximum Gasteiger partial charge on any atom is 0.264 e. The summed E-state index contributed by atoms with van der Waals surface area (Å²) in [4.78, 5) is 13.2. The van der Waals surface area contributed by atoms with Gasteiger partial charge in [0.15, 0.2) is 10.9 Å². The van der Waals surface area contributed by atoms with Crippen LogP contribution in [-0.4, -0.2) is 23.9 Å². The van der Waals surface area contributed by atoms with E-state index in [-0.39, 0.29) is 23.3 Å². The number of halogens is 3. The predicted molar refractivity (Wildman–Crippen MR) is 157 cm³/mol. The van der Waals surface area contributed by atoms with Crippen molar-refractivity contribution in [2.24, 2.45) is 27.0 Å². The lowest BCUT2D eigenvalue weighted by atomic mass is 9.70. The zero-order valence-electron chi connectivity index (χ0n) is 21.5. The highest BCUT2D eigenvalue weighted by Gasteiger charge is 2.60. The Labute approximate surface area is 241 Å². The Balaban J connectivity index is 1.33. The molecule has 2 aromatic rings. The lowest BCUT2D eigenvalue weighted by Gasteiger charge is -2.34. The summed E-state index contributed by atoms with van der Waals surface area (Å²) in [6.07, 6.45) is 5.17. The van der Waals surface area contributed by atoms with Gasteiger partial charge in [-0.15, -0.1) is 5.10 Å². The molecule has 3 fully saturated rings. The molecule has 6 nitrogen and oxygen atoms in total. The van der Waals surface area contributed by atoms with Gasteiger partial charge in [-0.3, -0.25) is 10.1 Å². The van der Waals surface area contributed by atoms with Crippen LogP contribution in [-0.2, 0) is 11.4 Å². The molecule has 2 aromatic carbocycles. The topological polar surface area (TPSA) is 72.3 Å². The third-order valence-electron chi connectivity index (χ3n) is 8.36. The molecule has 0 spiro atoms. The van der Waals surface area contributed by atoms with E-state index >= 15 is 0 Å². The zero-order chi connectivity index (χ0) is 27.2. The second-order valence-electron chi connectivity index (χ2n) is 10.6. The van der Waals surface area contributed by atoms with Crippen LogP contribution in [0.4, 0.5) is 0 Å². The van der Waals surface area contributed by atoms with E-state index in [2.05, 4.69) is 36.3 Å². The molecule has 2 atom stereocenters. The number of benzene rings is 2. The molecule has 5 rings (SSSR count). The first-order chi connectivity index (χ1) is 18.0. The van der Waals surface area contributed by atoms with Gasteiger partial charge >= 0.3 is 0 Å². The third kappa shape index (κ3) is 4.94. The Morgan fingerprint density at radius 1 is 1.13 bits per heavy atom. The number of nitrogens with one attached hydrogen (secondary N) is 1. The quantitative estimate of drug-likeness (QED) is 0.272. The van der Waals surface area contributed by atoms with Crippen LogP contribution in [0.3, 0.4) is 0 Å². The number of nitrogens with zero attached hydrogens (tertiary/aromatic N) is 2. The largest absolute Gasteiger partial charge is 0.496 e. The Bertz CT molecular complexity index is 1380. The molecule has 1 saturated heterocycles. The summed E-state index contributed by atoms with van der Waals surface area (Å²) in [5.41, 5.74) is 3.00. The standard InChI is InChI=1S/C28H28Cl3N3O3S/c1-27(2)17-7-8-28(27,3)23(11-17)33-34-26-32-25(35)22(38-26)10-15-5-6-21(36-4)16(9-15)14-37-24-19(30)12-18(29)13-20(24)31/h5-6,9-10,12-13,17H,7-8,11,14H2,1-4H3,(H,32,34,35)/b22-10+,33-23?/t17-,28-/m1/s1. The van der Waals surface area contributed by atoms with Crippen molar-refractivity contribution in [2.45, 2.75) is 46.6 Å². The number of thioether (sulfide) groups is 1. The van der Waals surface area contributed by atoms with Crippen LogP contribution in [0.1, 0.15) is 51.2 Å². The van der Waals surface area contributed by atoms with E-state index in [1.54, 1.807) is 19.2 Å². The van der Waals surface area contributed by atoms with Crippen molar-refractivity contribution in [3.05, 3.63) is 61.4 Å². The van der Waals surface area contributed by atoms with Gasteiger partial charge in [0.05, 0.1) is 22.1 Å². The highest BCUT2D eigenvalue weighted by atomic mass is 35.5. The van der Waals surface area contributed by atoms with Gasteiger partial charge in [0.2, 0.25) is 0 Å². The van der Waals surface area contributed by atoms with Crippen molar-refractivity contribution in [3.63, 3.8) is 0 Å². The van der Waals surface area contributed by atoms with E-state index in [1.807, 2.05) is 24.3 Å². The fourth-order valence-electron chi connectivity index (χ4n) is 5.63. The van der Waals surface area contributed by atoms with Crippen molar-refractivity contribution in [2.75, 3.05) is 7.11 Å². The number of hydrogen-bond acceptors (Lipinski definition) is 6. The van der Waals surface area contributed by atoms with E-state index in [1.165, 1.54) is 18.2 Å². The minimum Gasteiger partial charge on any atom is -0.496 e. The molecule has 1 aliphatic heterocycles. The first-order valence-corrected chi connectivity index (χ1v) is 14.3. The Hall–Kier alpha value is -2.19. The van der Waals surface area contributed by atoms with Crippen molar-refractivity contribution in [1.82, 2.24) is 5.32 Å². The molecule has 200 valence electrons. The highest BCUT2D eigenvalue weighted by molar-refractivity contribution is 8.18. The number of hydrogen-bond donors (Lipinski definition) is 1. The molecule has 1 heterocycles. The molecule has 2 bridgehead atoms. The van der Waals surface area contributed by atoms with Crippen LogP contribution in [0, 0.1) is 16.7 Å². The van der Waals surface area contributed by atoms with Gasteiger partial charge in [-0.25, -0.2) is 0 Å². The molecular formula is C28H28Cl3N3O3S. The van der Waals surface area contributed by atoms with Gasteiger partial charge in [-0.1, -0.05) is 61.6 Å². The molecule has 0 unspecified atom stereocenters. The lowest BCUT2D eigenvalue weighted by Crippen LogP contribution is -2.32. The van der Waals surface area contributed by atoms with Gasteiger partial charge in [-0.05, 0) is 78.3 Å². The van der Waals surface area contributed by atoms with E-state index in [4.69, 9.17) is 44.3 Å². The first kappa shape index (κ1) is 27.4. The summed E-state index contributed by atoms with van der Waals surface area (Å²) in [5.74, 6) is 1.41. The fraction of sp³-hybridized carbons (Fsp3) is 0.393. The predicted octanol–water partition coefficient (Wildman–Crippen LogP) is 8.00. The second kappa shape index (κ2) is 10.4. The third-order valence-corrected chi connectivity index (χ3v) is 10.0. The zero-order valence-corrected chi connectivity index (χ0v) is 24.6. The maximum atomic E-state index is 12.7. The van der Waals surface area contributed by atoms with Crippen molar-refractivity contribution in [3.8, 4) is 11.5 Å². The molecule has 3 aliphatic rings. The fourth-order valence-corrected chi connectivity index (χ4v) is 7.33. The normalized spacial score (nSPS) is 27.0. The molecule has 0 aromatic heterocycles. The smallest absolute Gasteiger partial charge is 0.264 e. The minimum atomic E-state index is -0.207. The van der Waals surface area contributed by atoms with Crippen LogP contribution in [0.2, 0.25) is 15.1 Å². The van der Waals surface area contributed by atoms with Crippen LogP contribution in [0.5, 0.6) is 11.5 Å². The Kier molecular flexibility index (Phi) is 7.50. The molecule has 1 amide bonds. The number of carbonyl (C=O) groups is 1. The van der Waals surface area contributed by atoms with Crippen LogP contribution in [0.25, 0.3) is 6.08 Å². The highest BCUT2D eigenvalue weighted by Crippen LogP contribution is 2.64. The average Bonchev–Trinajstić information content (AvgIpc) is 3.38. The van der Waals surface area contributed by atoms with E-state index in [0.29, 0.717) is 42.6 Å². The molecule has 2 aliphatic carbocycles. The van der Waals surface area contributed by atoms with E-state index in [9.17, 15) is 4.79 Å². The molecule has 0 radical (unpaired) electrons. The van der Waals surface area contributed by atoms with Gasteiger partial charge in [0.1, 0.15) is 12.4 Å². The summed E-state index contributed by atoms with van der Waals surface area (Å²) >= 11 is 19.8. The van der Waals surface area contributed by atoms with Crippen molar-refractivity contribution >= 4 is 69.4 Å². The monoisotopic (exact) mass is 591 g/mol. The van der Waals surface area contributed by atoms with Crippen LogP contribution < -0.4 is 14.8 Å². The van der Waals surface area contributed by atoms with Gasteiger partial charge in [0.25, 0.3) is 5.91 Å². The van der Waals surface area contributed by atoms with E-state index < -0.39 is 0 Å². The number of rotatable bonds is 6. The summed E-state index contributed by atoms with van der Waals surface area (Å²) in [7, 11) is 1.58. The minimum absolute atomic E-state index is 0.0652. The first-order valence-electron chi connectivity index (χ1n) is 12.3. The number of carbonyl (C=O) groups excluding carboxylic acids is 1. The lowest BCUT2D eigenvalue weighted by molar-refractivity contribution is -0.115. The molecule has 2 saturated carbocycles. The number of amidine groups is 1. The van der Waals surface area contributed by atoms with Gasteiger partial charge in [-0.2, -0.15) is 5.10 Å². The maximum absolute atomic E-state index is 12.7. The van der Waals surface area contributed by atoms with Crippen LogP contribution in [0.15, 0.2) is 45.4 Å². The van der Waals surface area contributed by atoms with Crippen molar-refractivity contribution < 1.29 is 14.3 Å². The second-order valence-corrected chi connectivity index (χ2v) is 12.9. The SMILES string of the molecule is COc1ccc(/C=C2/SC(=NN=C3C[C@H]4CC[C@@]3(C)C4(C)C)NC2=O)cc1COc1c(Cl)cc(Cl)cc1Cl. The molecular weight excluding hydrogens is 565 g/mol. The number of ether oxygens (including phenoxy) is 2. The molecule has 10 heteroatoms. The van der Waals surface area contributed by atoms with E-state index in [0.717, 1.165) is 29.7 Å². The summed E-state index contributed by atoms with van der Waals surface area (Å²) < 4.78 is 11.4. The summed E-state index contributed by atoms with van der Waals surface area (Å²) in [5, 5.41) is 13.4. The molecule has 1 N–H and O–H groups in total. The average molecular weight is 593 g/mol. The Morgan fingerprint density at radius 3 is 2.50 bits per heavy atom. The summed E-state index contributed by atoms with van der Waals surface area (Å²) in [6, 6.07) is 8.73.